The number of allylic oxidation sites excluding steroid dienone is 1. The van der Waals surface area contributed by atoms with E-state index in [0.717, 1.165) is 26.1 Å². The molecule has 70 valence electrons. The summed E-state index contributed by atoms with van der Waals surface area (Å²) < 4.78 is 5.48. The van der Waals surface area contributed by atoms with E-state index in [-0.39, 0.29) is 0 Å². The minimum absolute atomic E-state index is 0.480. The normalized spacial score (nSPS) is 22.8. The van der Waals surface area contributed by atoms with E-state index in [9.17, 15) is 0 Å². The van der Waals surface area contributed by atoms with E-state index in [2.05, 4.69) is 11.9 Å². The average molecular weight is 169 g/mol. The third-order valence-electron chi connectivity index (χ3n) is 2.16. The Morgan fingerprint density at radius 1 is 1.58 bits per heavy atom. The van der Waals surface area contributed by atoms with Crippen LogP contribution in [0.15, 0.2) is 12.7 Å². The average Bonchev–Trinajstić information content (AvgIpc) is 2.57. The van der Waals surface area contributed by atoms with E-state index in [0.29, 0.717) is 6.10 Å². The fourth-order valence-corrected chi connectivity index (χ4v) is 1.44. The van der Waals surface area contributed by atoms with Crippen molar-refractivity contribution in [3.8, 4) is 0 Å². The zero-order valence-corrected chi connectivity index (χ0v) is 7.72. The molecule has 12 heavy (non-hydrogen) atoms. The molecule has 0 bridgehead atoms. The maximum absolute atomic E-state index is 5.48. The summed E-state index contributed by atoms with van der Waals surface area (Å²) in [6.07, 6.45) is 7.21. The van der Waals surface area contributed by atoms with Gasteiger partial charge in [-0.25, -0.2) is 0 Å². The highest BCUT2D eigenvalue weighted by molar-refractivity contribution is 4.69. The monoisotopic (exact) mass is 169 g/mol. The second kappa shape index (κ2) is 6.21. The fourth-order valence-electron chi connectivity index (χ4n) is 1.44. The van der Waals surface area contributed by atoms with Crippen LogP contribution in [-0.4, -0.2) is 25.8 Å². The summed E-state index contributed by atoms with van der Waals surface area (Å²) in [5.74, 6) is 0. The molecule has 1 fully saturated rings. The maximum atomic E-state index is 5.48. The van der Waals surface area contributed by atoms with Crippen molar-refractivity contribution in [2.75, 3.05) is 19.7 Å². The standard InChI is InChI=1S/C10H19NO/c1-2-3-4-7-11-9-10-6-5-8-12-10/h2,10-11H,1,3-9H2. The lowest BCUT2D eigenvalue weighted by Crippen LogP contribution is -2.26. The smallest absolute Gasteiger partial charge is 0.0700 e. The zero-order chi connectivity index (χ0) is 8.65. The van der Waals surface area contributed by atoms with Gasteiger partial charge in [0.2, 0.25) is 0 Å². The van der Waals surface area contributed by atoms with Gasteiger partial charge in [-0.2, -0.15) is 0 Å². The van der Waals surface area contributed by atoms with Crippen molar-refractivity contribution in [2.24, 2.45) is 0 Å². The van der Waals surface area contributed by atoms with Crippen LogP contribution < -0.4 is 5.32 Å². The van der Waals surface area contributed by atoms with Gasteiger partial charge >= 0.3 is 0 Å². The van der Waals surface area contributed by atoms with Gasteiger partial charge in [0, 0.05) is 13.2 Å². The molecule has 0 radical (unpaired) electrons. The van der Waals surface area contributed by atoms with Crippen molar-refractivity contribution in [3.63, 3.8) is 0 Å². The zero-order valence-electron chi connectivity index (χ0n) is 7.72. The van der Waals surface area contributed by atoms with Gasteiger partial charge in [0.1, 0.15) is 0 Å². The van der Waals surface area contributed by atoms with Gasteiger partial charge in [-0.15, -0.1) is 6.58 Å². The van der Waals surface area contributed by atoms with E-state index < -0.39 is 0 Å². The van der Waals surface area contributed by atoms with Crippen LogP contribution in [0.3, 0.4) is 0 Å². The molecule has 1 heterocycles. The third-order valence-corrected chi connectivity index (χ3v) is 2.16. The van der Waals surface area contributed by atoms with E-state index in [1.807, 2.05) is 6.08 Å². The molecule has 1 atom stereocenters. The molecule has 1 aliphatic heterocycles. The van der Waals surface area contributed by atoms with E-state index >= 15 is 0 Å². The minimum atomic E-state index is 0.480. The van der Waals surface area contributed by atoms with Crippen LogP contribution >= 0.6 is 0 Å². The molecule has 1 saturated heterocycles. The first-order chi connectivity index (χ1) is 5.93. The van der Waals surface area contributed by atoms with Gasteiger partial charge < -0.3 is 10.1 Å². The van der Waals surface area contributed by atoms with E-state index in [1.54, 1.807) is 0 Å². The molecule has 0 saturated carbocycles. The summed E-state index contributed by atoms with van der Waals surface area (Å²) in [6.45, 7) is 6.75. The molecule has 2 heteroatoms. The predicted molar refractivity (Wildman–Crippen MR) is 51.3 cm³/mol. The molecule has 0 aromatic carbocycles. The highest BCUT2D eigenvalue weighted by atomic mass is 16.5. The third kappa shape index (κ3) is 3.88. The molecule has 0 spiro atoms. The van der Waals surface area contributed by atoms with Gasteiger partial charge in [0.25, 0.3) is 0 Å². The Labute approximate surface area is 75.0 Å². The van der Waals surface area contributed by atoms with Gasteiger partial charge in [0.15, 0.2) is 0 Å². The number of unbranched alkanes of at least 4 members (excludes halogenated alkanes) is 1. The molecule has 0 aromatic rings. The van der Waals surface area contributed by atoms with E-state index in [1.165, 1.54) is 19.3 Å². The molecule has 0 aromatic heterocycles. The Kier molecular flexibility index (Phi) is 5.04. The number of ether oxygens (including phenoxy) is 1. The van der Waals surface area contributed by atoms with Crippen molar-refractivity contribution in [1.82, 2.24) is 5.32 Å². The lowest BCUT2D eigenvalue weighted by atomic mass is 10.2. The first-order valence-corrected chi connectivity index (χ1v) is 4.86. The molecular formula is C10H19NO. The van der Waals surface area contributed by atoms with Gasteiger partial charge in [0.05, 0.1) is 6.10 Å². The van der Waals surface area contributed by atoms with E-state index in [4.69, 9.17) is 4.74 Å². The topological polar surface area (TPSA) is 21.3 Å². The maximum Gasteiger partial charge on any atom is 0.0700 e. The molecule has 1 aliphatic rings. The Bertz CT molecular complexity index is 119. The van der Waals surface area contributed by atoms with Crippen LogP contribution in [0.2, 0.25) is 0 Å². The molecular weight excluding hydrogens is 150 g/mol. The fraction of sp³-hybridized carbons (Fsp3) is 0.800. The van der Waals surface area contributed by atoms with Crippen LogP contribution in [-0.2, 0) is 4.74 Å². The number of hydrogen-bond acceptors (Lipinski definition) is 2. The molecule has 0 aliphatic carbocycles. The van der Waals surface area contributed by atoms with Crippen LogP contribution in [0.5, 0.6) is 0 Å². The van der Waals surface area contributed by atoms with Gasteiger partial charge in [-0.05, 0) is 32.2 Å². The number of nitrogens with one attached hydrogen (secondary N) is 1. The predicted octanol–water partition coefficient (Wildman–Crippen LogP) is 1.72. The molecule has 0 amide bonds. The van der Waals surface area contributed by atoms with Crippen LogP contribution in [0.25, 0.3) is 0 Å². The Morgan fingerprint density at radius 3 is 3.17 bits per heavy atom. The summed E-state index contributed by atoms with van der Waals surface area (Å²) in [5.41, 5.74) is 0. The summed E-state index contributed by atoms with van der Waals surface area (Å²) in [7, 11) is 0. The van der Waals surface area contributed by atoms with Crippen LogP contribution in [0.1, 0.15) is 25.7 Å². The highest BCUT2D eigenvalue weighted by Gasteiger charge is 2.13. The minimum Gasteiger partial charge on any atom is -0.377 e. The largest absolute Gasteiger partial charge is 0.377 e. The van der Waals surface area contributed by atoms with Crippen molar-refractivity contribution >= 4 is 0 Å². The Balaban J connectivity index is 1.84. The summed E-state index contributed by atoms with van der Waals surface area (Å²) >= 11 is 0. The molecule has 1 unspecified atom stereocenters. The number of hydrogen-bond donors (Lipinski definition) is 1. The molecule has 1 rings (SSSR count). The molecule has 2 nitrogen and oxygen atoms in total. The van der Waals surface area contributed by atoms with Crippen molar-refractivity contribution in [2.45, 2.75) is 31.8 Å². The Morgan fingerprint density at radius 2 is 2.50 bits per heavy atom. The summed E-state index contributed by atoms with van der Waals surface area (Å²) in [4.78, 5) is 0. The second-order valence-corrected chi connectivity index (χ2v) is 3.27. The lowest BCUT2D eigenvalue weighted by Gasteiger charge is -2.09. The summed E-state index contributed by atoms with van der Waals surface area (Å²) in [5, 5.41) is 3.39. The first kappa shape index (κ1) is 9.75. The van der Waals surface area contributed by atoms with Crippen molar-refractivity contribution in [1.29, 1.82) is 0 Å². The first-order valence-electron chi connectivity index (χ1n) is 4.86. The van der Waals surface area contributed by atoms with Crippen molar-refractivity contribution in [3.05, 3.63) is 12.7 Å². The summed E-state index contributed by atoms with van der Waals surface area (Å²) in [6, 6.07) is 0. The Hall–Kier alpha value is -0.340. The highest BCUT2D eigenvalue weighted by Crippen LogP contribution is 2.10. The van der Waals surface area contributed by atoms with Gasteiger partial charge in [-0.3, -0.25) is 0 Å². The second-order valence-electron chi connectivity index (χ2n) is 3.27. The number of rotatable bonds is 6. The quantitative estimate of drug-likeness (QED) is 0.483. The van der Waals surface area contributed by atoms with Crippen molar-refractivity contribution < 1.29 is 4.74 Å². The lowest BCUT2D eigenvalue weighted by molar-refractivity contribution is 0.110. The SMILES string of the molecule is C=CCCCNCC1CCCO1. The van der Waals surface area contributed by atoms with Gasteiger partial charge in [-0.1, -0.05) is 6.08 Å². The molecule has 1 N–H and O–H groups in total. The van der Waals surface area contributed by atoms with Crippen LogP contribution in [0, 0.1) is 0 Å². The van der Waals surface area contributed by atoms with Crippen LogP contribution in [0.4, 0.5) is 0 Å².